The summed E-state index contributed by atoms with van der Waals surface area (Å²) in [6.45, 7) is 3.89. The van der Waals surface area contributed by atoms with E-state index < -0.39 is 15.8 Å². The van der Waals surface area contributed by atoms with Crippen LogP contribution in [0.3, 0.4) is 0 Å². The molecule has 27 heavy (non-hydrogen) atoms. The summed E-state index contributed by atoms with van der Waals surface area (Å²) in [6, 6.07) is 11.3. The van der Waals surface area contributed by atoms with Crippen LogP contribution in [0, 0.1) is 5.82 Å². The number of hydrogen-bond acceptors (Lipinski definition) is 4. The zero-order valence-electron chi connectivity index (χ0n) is 14.7. The molecule has 2 aromatic rings. The summed E-state index contributed by atoms with van der Waals surface area (Å²) in [5, 5.41) is 3.20. The van der Waals surface area contributed by atoms with Gasteiger partial charge in [-0.05, 0) is 37.3 Å². The molecule has 6 nitrogen and oxygen atoms in total. The molecule has 0 aliphatic carbocycles. The third-order valence-electron chi connectivity index (χ3n) is 4.27. The van der Waals surface area contributed by atoms with Crippen molar-refractivity contribution in [3.05, 3.63) is 59.9 Å². The summed E-state index contributed by atoms with van der Waals surface area (Å²) in [6.07, 6.45) is 0. The van der Waals surface area contributed by atoms with E-state index in [1.807, 2.05) is 6.92 Å². The first kappa shape index (κ1) is 21.1. The monoisotopic (exact) mass is 413 g/mol. The summed E-state index contributed by atoms with van der Waals surface area (Å²) in [5.41, 5.74) is 0.148. The highest BCUT2D eigenvalue weighted by Crippen LogP contribution is 2.20. The maximum absolute atomic E-state index is 13.7. The molecule has 1 aliphatic rings. The van der Waals surface area contributed by atoms with Gasteiger partial charge in [-0.25, -0.2) is 12.8 Å². The molecule has 1 heterocycles. The Morgan fingerprint density at radius 1 is 1.22 bits per heavy atom. The van der Waals surface area contributed by atoms with Crippen molar-refractivity contribution >= 4 is 34.0 Å². The normalized spacial score (nSPS) is 17.1. The SMILES string of the molecule is C[C@H]1CNCCN1C(=O)c1cccc(S(=O)(=O)Nc2ccccc2F)c1.Cl. The second-order valence-electron chi connectivity index (χ2n) is 6.16. The van der Waals surface area contributed by atoms with Gasteiger partial charge >= 0.3 is 0 Å². The molecule has 1 atom stereocenters. The number of hydrogen-bond donors (Lipinski definition) is 2. The van der Waals surface area contributed by atoms with Crippen LogP contribution in [-0.4, -0.2) is 44.9 Å². The Morgan fingerprint density at radius 2 is 1.96 bits per heavy atom. The lowest BCUT2D eigenvalue weighted by atomic mass is 10.1. The number of halogens is 2. The molecule has 1 amide bonds. The lowest BCUT2D eigenvalue weighted by Crippen LogP contribution is -2.52. The third kappa shape index (κ3) is 4.77. The van der Waals surface area contributed by atoms with Crippen molar-refractivity contribution in [2.45, 2.75) is 17.9 Å². The minimum Gasteiger partial charge on any atom is -0.333 e. The zero-order chi connectivity index (χ0) is 18.7. The van der Waals surface area contributed by atoms with E-state index in [9.17, 15) is 17.6 Å². The molecule has 3 rings (SSSR count). The highest BCUT2D eigenvalue weighted by atomic mass is 35.5. The van der Waals surface area contributed by atoms with Gasteiger partial charge in [-0.2, -0.15) is 0 Å². The van der Waals surface area contributed by atoms with Crippen molar-refractivity contribution in [1.29, 1.82) is 0 Å². The standard InChI is InChI=1S/C18H20FN3O3S.ClH/c1-13-12-20-9-10-22(13)18(23)14-5-4-6-15(11-14)26(24,25)21-17-8-3-2-7-16(17)19;/h2-8,11,13,20-21H,9-10,12H2,1H3;1H/t13-;/m0./s1. The molecular weight excluding hydrogens is 393 g/mol. The number of rotatable bonds is 4. The van der Waals surface area contributed by atoms with E-state index in [0.29, 0.717) is 19.6 Å². The molecule has 1 fully saturated rings. The van der Waals surface area contributed by atoms with Gasteiger partial charge in [0.25, 0.3) is 15.9 Å². The van der Waals surface area contributed by atoms with Crippen LogP contribution in [0.1, 0.15) is 17.3 Å². The van der Waals surface area contributed by atoms with E-state index >= 15 is 0 Å². The van der Waals surface area contributed by atoms with Crippen LogP contribution in [0.2, 0.25) is 0 Å². The van der Waals surface area contributed by atoms with E-state index in [1.165, 1.54) is 42.5 Å². The van der Waals surface area contributed by atoms with E-state index in [1.54, 1.807) is 11.0 Å². The van der Waals surface area contributed by atoms with Crippen LogP contribution in [0.5, 0.6) is 0 Å². The fourth-order valence-electron chi connectivity index (χ4n) is 2.85. The molecule has 0 bridgehead atoms. The van der Waals surface area contributed by atoms with Gasteiger partial charge in [0, 0.05) is 31.2 Å². The number of anilines is 1. The smallest absolute Gasteiger partial charge is 0.262 e. The van der Waals surface area contributed by atoms with Crippen LogP contribution < -0.4 is 10.0 Å². The number of carbonyl (C=O) groups excluding carboxylic acids is 1. The second kappa shape index (κ2) is 8.69. The van der Waals surface area contributed by atoms with Crippen molar-refractivity contribution in [3.63, 3.8) is 0 Å². The molecule has 0 spiro atoms. The fraction of sp³-hybridized carbons (Fsp3) is 0.278. The van der Waals surface area contributed by atoms with Gasteiger partial charge < -0.3 is 10.2 Å². The predicted molar refractivity (Wildman–Crippen MR) is 104 cm³/mol. The first-order valence-corrected chi connectivity index (χ1v) is 9.76. The molecule has 0 aromatic heterocycles. The molecule has 2 N–H and O–H groups in total. The van der Waals surface area contributed by atoms with Crippen LogP contribution in [0.25, 0.3) is 0 Å². The maximum atomic E-state index is 13.7. The number of para-hydroxylation sites is 1. The first-order chi connectivity index (χ1) is 12.4. The van der Waals surface area contributed by atoms with E-state index in [2.05, 4.69) is 10.0 Å². The summed E-state index contributed by atoms with van der Waals surface area (Å²) in [7, 11) is -4.01. The molecule has 0 unspecified atom stereocenters. The number of nitrogens with zero attached hydrogens (tertiary/aromatic N) is 1. The van der Waals surface area contributed by atoms with Crippen molar-refractivity contribution in [1.82, 2.24) is 10.2 Å². The van der Waals surface area contributed by atoms with Crippen LogP contribution in [0.15, 0.2) is 53.4 Å². The van der Waals surface area contributed by atoms with Gasteiger partial charge in [0.1, 0.15) is 5.82 Å². The van der Waals surface area contributed by atoms with Crippen molar-refractivity contribution < 1.29 is 17.6 Å². The highest BCUT2D eigenvalue weighted by molar-refractivity contribution is 7.92. The minimum absolute atomic E-state index is 0. The average molecular weight is 414 g/mol. The van der Waals surface area contributed by atoms with Crippen molar-refractivity contribution in [2.75, 3.05) is 24.4 Å². The van der Waals surface area contributed by atoms with E-state index in [0.717, 1.165) is 0 Å². The average Bonchev–Trinajstić information content (AvgIpc) is 2.63. The second-order valence-corrected chi connectivity index (χ2v) is 7.85. The van der Waals surface area contributed by atoms with Crippen molar-refractivity contribution in [2.24, 2.45) is 0 Å². The Kier molecular flexibility index (Phi) is 6.80. The molecule has 1 saturated heterocycles. The van der Waals surface area contributed by atoms with Gasteiger partial charge in [-0.1, -0.05) is 18.2 Å². The zero-order valence-corrected chi connectivity index (χ0v) is 16.3. The Balaban J connectivity index is 0.00000261. The predicted octanol–water partition coefficient (Wildman–Crippen LogP) is 2.48. The third-order valence-corrected chi connectivity index (χ3v) is 5.63. The summed E-state index contributed by atoms with van der Waals surface area (Å²) in [5.74, 6) is -0.889. The van der Waals surface area contributed by atoms with Gasteiger partial charge in [-0.3, -0.25) is 9.52 Å². The van der Waals surface area contributed by atoms with Crippen LogP contribution >= 0.6 is 12.4 Å². The van der Waals surface area contributed by atoms with Gasteiger partial charge in [-0.15, -0.1) is 12.4 Å². The lowest BCUT2D eigenvalue weighted by molar-refractivity contribution is 0.0655. The van der Waals surface area contributed by atoms with E-state index in [4.69, 9.17) is 0 Å². The number of piperazine rings is 1. The molecule has 9 heteroatoms. The molecule has 0 saturated carbocycles. The molecule has 146 valence electrons. The lowest BCUT2D eigenvalue weighted by Gasteiger charge is -2.34. The molecular formula is C18H21ClFN3O3S. The molecule has 0 radical (unpaired) electrons. The van der Waals surface area contributed by atoms with Gasteiger partial charge in [0.05, 0.1) is 10.6 Å². The number of nitrogens with one attached hydrogen (secondary N) is 2. The summed E-state index contributed by atoms with van der Waals surface area (Å²) >= 11 is 0. The summed E-state index contributed by atoms with van der Waals surface area (Å²) in [4.78, 5) is 14.4. The number of amides is 1. The minimum atomic E-state index is -4.01. The maximum Gasteiger partial charge on any atom is 0.262 e. The van der Waals surface area contributed by atoms with E-state index in [-0.39, 0.29) is 40.5 Å². The number of benzene rings is 2. The number of sulfonamides is 1. The van der Waals surface area contributed by atoms with Gasteiger partial charge in [0.2, 0.25) is 0 Å². The van der Waals surface area contributed by atoms with Gasteiger partial charge in [0.15, 0.2) is 0 Å². The first-order valence-electron chi connectivity index (χ1n) is 8.27. The Hall–Kier alpha value is -2.16. The fourth-order valence-corrected chi connectivity index (χ4v) is 3.97. The van der Waals surface area contributed by atoms with Crippen molar-refractivity contribution in [3.8, 4) is 0 Å². The topological polar surface area (TPSA) is 78.5 Å². The Morgan fingerprint density at radius 3 is 2.67 bits per heavy atom. The molecule has 2 aromatic carbocycles. The number of carbonyl (C=O) groups is 1. The summed E-state index contributed by atoms with van der Waals surface area (Å²) < 4.78 is 41.1. The van der Waals surface area contributed by atoms with Crippen LogP contribution in [-0.2, 0) is 10.0 Å². The molecule has 1 aliphatic heterocycles. The highest BCUT2D eigenvalue weighted by Gasteiger charge is 2.25. The largest absolute Gasteiger partial charge is 0.333 e. The van der Waals surface area contributed by atoms with Crippen LogP contribution in [0.4, 0.5) is 10.1 Å². The quantitative estimate of drug-likeness (QED) is 0.807. The Bertz CT molecular complexity index is 924. The Labute approximate surface area is 164 Å².